The summed E-state index contributed by atoms with van der Waals surface area (Å²) < 4.78 is 28.2. The summed E-state index contributed by atoms with van der Waals surface area (Å²) >= 11 is 0. The van der Waals surface area contributed by atoms with E-state index in [0.29, 0.717) is 11.5 Å². The van der Waals surface area contributed by atoms with Gasteiger partial charge >= 0.3 is 0 Å². The number of hydrogen-bond acceptors (Lipinski definition) is 2. The topological polar surface area (TPSA) is 46.9 Å². The van der Waals surface area contributed by atoms with Crippen molar-refractivity contribution in [3.63, 3.8) is 0 Å². The van der Waals surface area contributed by atoms with Gasteiger partial charge in [0.2, 0.25) is 0 Å². The molecular weight excluding hydrogens is 240 g/mol. The molecule has 2 rings (SSSR count). The predicted molar refractivity (Wildman–Crippen MR) is 62.3 cm³/mol. The number of amides is 1. The van der Waals surface area contributed by atoms with E-state index in [2.05, 4.69) is 10.4 Å². The Bertz CT molecular complexity index is 587. The first-order valence-corrected chi connectivity index (χ1v) is 5.25. The number of nitrogens with zero attached hydrogens (tertiary/aromatic N) is 2. The van der Waals surface area contributed by atoms with E-state index in [1.165, 1.54) is 10.7 Å². The lowest BCUT2D eigenvalue weighted by Crippen LogP contribution is -2.17. The van der Waals surface area contributed by atoms with Gasteiger partial charge in [0.1, 0.15) is 23.0 Å². The molecule has 1 heterocycles. The lowest BCUT2D eigenvalue weighted by atomic mass is 10.2. The smallest absolute Gasteiger partial charge is 0.262 e. The Morgan fingerprint density at radius 3 is 2.44 bits per heavy atom. The highest BCUT2D eigenvalue weighted by Crippen LogP contribution is 2.15. The minimum atomic E-state index is -0.897. The molecule has 2 aromatic rings. The van der Waals surface area contributed by atoms with Crippen LogP contribution in [0.5, 0.6) is 0 Å². The van der Waals surface area contributed by atoms with Crippen LogP contribution >= 0.6 is 0 Å². The number of aryl methyl sites for hydroxylation is 2. The van der Waals surface area contributed by atoms with E-state index in [1.54, 1.807) is 20.0 Å². The Labute approximate surface area is 102 Å². The first-order chi connectivity index (χ1) is 8.49. The molecule has 0 aliphatic carbocycles. The van der Waals surface area contributed by atoms with E-state index in [1.807, 2.05) is 0 Å². The van der Waals surface area contributed by atoms with Crippen LogP contribution in [-0.2, 0) is 7.05 Å². The molecule has 1 amide bonds. The molecule has 1 N–H and O–H groups in total. The SMILES string of the molecule is Cc1cc(NC(=O)c2c(F)cccc2F)n(C)n1. The number of rotatable bonds is 2. The van der Waals surface area contributed by atoms with Crippen LogP contribution in [0.25, 0.3) is 0 Å². The molecule has 0 fully saturated rings. The van der Waals surface area contributed by atoms with Crippen LogP contribution in [0.15, 0.2) is 24.3 Å². The summed E-state index contributed by atoms with van der Waals surface area (Å²) in [5.74, 6) is -2.26. The minimum absolute atomic E-state index is 0.375. The van der Waals surface area contributed by atoms with Crippen molar-refractivity contribution in [3.8, 4) is 0 Å². The van der Waals surface area contributed by atoms with Gasteiger partial charge in [-0.25, -0.2) is 8.78 Å². The van der Waals surface area contributed by atoms with E-state index in [9.17, 15) is 13.6 Å². The van der Waals surface area contributed by atoms with Crippen molar-refractivity contribution in [3.05, 3.63) is 47.2 Å². The molecule has 1 aromatic carbocycles. The molecule has 0 unspecified atom stereocenters. The molecule has 0 saturated carbocycles. The molecule has 0 aliphatic heterocycles. The number of anilines is 1. The molecule has 18 heavy (non-hydrogen) atoms. The Balaban J connectivity index is 2.30. The average Bonchev–Trinajstić information content (AvgIpc) is 2.57. The Morgan fingerprint density at radius 1 is 1.33 bits per heavy atom. The maximum Gasteiger partial charge on any atom is 0.262 e. The maximum atomic E-state index is 13.4. The highest BCUT2D eigenvalue weighted by atomic mass is 19.1. The number of benzene rings is 1. The first kappa shape index (κ1) is 12.2. The summed E-state index contributed by atoms with van der Waals surface area (Å²) in [4.78, 5) is 11.8. The van der Waals surface area contributed by atoms with Gasteiger partial charge in [0.05, 0.1) is 5.69 Å². The fourth-order valence-electron chi connectivity index (χ4n) is 1.62. The Kier molecular flexibility index (Phi) is 3.10. The van der Waals surface area contributed by atoms with E-state index >= 15 is 0 Å². The van der Waals surface area contributed by atoms with Crippen LogP contribution in [-0.4, -0.2) is 15.7 Å². The molecular formula is C12H11F2N3O. The Morgan fingerprint density at radius 2 is 1.94 bits per heavy atom. The zero-order valence-electron chi connectivity index (χ0n) is 9.87. The quantitative estimate of drug-likeness (QED) is 0.889. The normalized spacial score (nSPS) is 10.4. The van der Waals surface area contributed by atoms with Crippen LogP contribution in [0.2, 0.25) is 0 Å². The molecule has 0 saturated heterocycles. The number of halogens is 2. The summed E-state index contributed by atoms with van der Waals surface area (Å²) in [6.07, 6.45) is 0. The second-order valence-electron chi connectivity index (χ2n) is 3.85. The van der Waals surface area contributed by atoms with Gasteiger partial charge in [0.25, 0.3) is 5.91 Å². The largest absolute Gasteiger partial charge is 0.307 e. The number of carbonyl (C=O) groups excluding carboxylic acids is 1. The third-order valence-corrected chi connectivity index (χ3v) is 2.43. The van der Waals surface area contributed by atoms with Crippen molar-refractivity contribution < 1.29 is 13.6 Å². The van der Waals surface area contributed by atoms with Crippen molar-refractivity contribution in [2.75, 3.05) is 5.32 Å². The molecule has 94 valence electrons. The number of nitrogens with one attached hydrogen (secondary N) is 1. The van der Waals surface area contributed by atoms with Crippen LogP contribution < -0.4 is 5.32 Å². The lowest BCUT2D eigenvalue weighted by Gasteiger charge is -2.06. The second-order valence-corrected chi connectivity index (χ2v) is 3.85. The van der Waals surface area contributed by atoms with Crippen molar-refractivity contribution in [2.24, 2.45) is 7.05 Å². The van der Waals surface area contributed by atoms with Crippen molar-refractivity contribution in [1.29, 1.82) is 0 Å². The van der Waals surface area contributed by atoms with Crippen LogP contribution in [0, 0.1) is 18.6 Å². The van der Waals surface area contributed by atoms with Gasteiger partial charge in [0.15, 0.2) is 0 Å². The highest BCUT2D eigenvalue weighted by molar-refractivity contribution is 6.04. The summed E-state index contributed by atoms with van der Waals surface area (Å²) in [5.41, 5.74) is 0.0955. The predicted octanol–water partition coefficient (Wildman–Crippen LogP) is 2.26. The third-order valence-electron chi connectivity index (χ3n) is 2.43. The van der Waals surface area contributed by atoms with Gasteiger partial charge in [0, 0.05) is 13.1 Å². The zero-order chi connectivity index (χ0) is 13.3. The zero-order valence-corrected chi connectivity index (χ0v) is 9.87. The van der Waals surface area contributed by atoms with Crippen molar-refractivity contribution in [1.82, 2.24) is 9.78 Å². The van der Waals surface area contributed by atoms with E-state index in [-0.39, 0.29) is 0 Å². The van der Waals surface area contributed by atoms with E-state index < -0.39 is 23.1 Å². The summed E-state index contributed by atoms with van der Waals surface area (Å²) in [6.45, 7) is 1.75. The molecule has 0 bridgehead atoms. The van der Waals surface area contributed by atoms with Gasteiger partial charge in [-0.3, -0.25) is 9.48 Å². The Hall–Kier alpha value is -2.24. The molecule has 4 nitrogen and oxygen atoms in total. The average molecular weight is 251 g/mol. The maximum absolute atomic E-state index is 13.4. The second kappa shape index (κ2) is 4.56. The third kappa shape index (κ3) is 2.22. The van der Waals surface area contributed by atoms with E-state index in [0.717, 1.165) is 12.1 Å². The standard InChI is InChI=1S/C12H11F2N3O/c1-7-6-10(17(2)16-7)15-12(18)11-8(13)4-3-5-9(11)14/h3-6H,1-2H3,(H,15,18). The minimum Gasteiger partial charge on any atom is -0.307 e. The fourth-order valence-corrected chi connectivity index (χ4v) is 1.62. The summed E-state index contributed by atoms with van der Waals surface area (Å²) in [5, 5.41) is 6.43. The molecule has 6 heteroatoms. The molecule has 0 radical (unpaired) electrons. The van der Waals surface area contributed by atoms with Crippen molar-refractivity contribution in [2.45, 2.75) is 6.92 Å². The van der Waals surface area contributed by atoms with Gasteiger partial charge in [-0.15, -0.1) is 0 Å². The monoisotopic (exact) mass is 251 g/mol. The van der Waals surface area contributed by atoms with Crippen molar-refractivity contribution >= 4 is 11.7 Å². The summed E-state index contributed by atoms with van der Waals surface area (Å²) in [7, 11) is 1.63. The summed E-state index contributed by atoms with van der Waals surface area (Å²) in [6, 6.07) is 4.88. The van der Waals surface area contributed by atoms with Gasteiger partial charge < -0.3 is 5.32 Å². The van der Waals surface area contributed by atoms with Crippen LogP contribution in [0.3, 0.4) is 0 Å². The van der Waals surface area contributed by atoms with Gasteiger partial charge in [-0.1, -0.05) is 6.07 Å². The number of aromatic nitrogens is 2. The highest BCUT2D eigenvalue weighted by Gasteiger charge is 2.18. The number of carbonyl (C=O) groups is 1. The van der Waals surface area contributed by atoms with Crippen LogP contribution in [0.1, 0.15) is 16.1 Å². The molecule has 0 aliphatic rings. The molecule has 0 spiro atoms. The van der Waals surface area contributed by atoms with E-state index in [4.69, 9.17) is 0 Å². The van der Waals surface area contributed by atoms with Crippen LogP contribution in [0.4, 0.5) is 14.6 Å². The molecule has 0 atom stereocenters. The molecule has 1 aromatic heterocycles. The number of hydrogen-bond donors (Lipinski definition) is 1. The van der Waals surface area contributed by atoms with Gasteiger partial charge in [-0.05, 0) is 19.1 Å². The fraction of sp³-hybridized carbons (Fsp3) is 0.167. The lowest BCUT2D eigenvalue weighted by molar-refractivity contribution is 0.101. The van der Waals surface area contributed by atoms with Gasteiger partial charge in [-0.2, -0.15) is 5.10 Å². The first-order valence-electron chi connectivity index (χ1n) is 5.25.